The summed E-state index contributed by atoms with van der Waals surface area (Å²) in [5.41, 5.74) is 2.70. The van der Waals surface area contributed by atoms with E-state index in [2.05, 4.69) is 10.4 Å². The predicted octanol–water partition coefficient (Wildman–Crippen LogP) is 0.201. The molecule has 0 saturated carbocycles. The van der Waals surface area contributed by atoms with Crippen molar-refractivity contribution in [3.8, 4) is 0 Å². The van der Waals surface area contributed by atoms with Crippen LogP contribution in [0.2, 0.25) is 0 Å². The molecule has 72 valence electrons. The summed E-state index contributed by atoms with van der Waals surface area (Å²) in [5.74, 6) is 4.70. The van der Waals surface area contributed by atoms with E-state index >= 15 is 0 Å². The van der Waals surface area contributed by atoms with Crippen LogP contribution in [0.3, 0.4) is 0 Å². The third kappa shape index (κ3) is 2.24. The van der Waals surface area contributed by atoms with Gasteiger partial charge in [0.1, 0.15) is 4.88 Å². The molecule has 0 aromatic carbocycles. The molecule has 6 heteroatoms. The van der Waals surface area contributed by atoms with Gasteiger partial charge in [-0.3, -0.25) is 10.2 Å². The monoisotopic (exact) mass is 201 g/mol. The van der Waals surface area contributed by atoms with Gasteiger partial charge in [0.25, 0.3) is 5.91 Å². The van der Waals surface area contributed by atoms with Gasteiger partial charge in [0.15, 0.2) is 0 Å². The number of hydrogen-bond donors (Lipinski definition) is 2. The van der Waals surface area contributed by atoms with E-state index in [-0.39, 0.29) is 5.91 Å². The van der Waals surface area contributed by atoms with Gasteiger partial charge in [0.05, 0.1) is 17.3 Å². The maximum absolute atomic E-state index is 11.2. The van der Waals surface area contributed by atoms with Crippen LogP contribution in [-0.2, 0) is 11.3 Å². The highest BCUT2D eigenvalue weighted by Gasteiger charge is 2.14. The fourth-order valence-corrected chi connectivity index (χ4v) is 1.77. The summed E-state index contributed by atoms with van der Waals surface area (Å²) in [6, 6.07) is 0. The van der Waals surface area contributed by atoms with Crippen LogP contribution in [0.4, 0.5) is 0 Å². The summed E-state index contributed by atoms with van der Waals surface area (Å²) in [6.45, 7) is 2.16. The first-order valence-electron chi connectivity index (χ1n) is 3.65. The van der Waals surface area contributed by atoms with Gasteiger partial charge in [-0.25, -0.2) is 10.8 Å². The molecule has 0 atom stereocenters. The molecule has 0 aliphatic heterocycles. The number of nitrogens with two attached hydrogens (primary N) is 1. The largest absolute Gasteiger partial charge is 0.378 e. The number of methoxy groups -OCH3 is 1. The number of aryl methyl sites for hydroxylation is 1. The maximum Gasteiger partial charge on any atom is 0.277 e. The molecular formula is C7H11N3O2S. The summed E-state index contributed by atoms with van der Waals surface area (Å²) in [7, 11) is 1.55. The first-order chi connectivity index (χ1) is 6.19. The molecule has 13 heavy (non-hydrogen) atoms. The summed E-state index contributed by atoms with van der Waals surface area (Å²) < 4.78 is 4.90. The molecule has 0 bridgehead atoms. The number of aromatic nitrogens is 1. The van der Waals surface area contributed by atoms with Crippen molar-refractivity contribution < 1.29 is 9.53 Å². The van der Waals surface area contributed by atoms with Crippen molar-refractivity contribution in [3.63, 3.8) is 0 Å². The minimum absolute atomic E-state index is 0.322. The highest BCUT2D eigenvalue weighted by atomic mass is 32.1. The topological polar surface area (TPSA) is 77.2 Å². The average molecular weight is 201 g/mol. The van der Waals surface area contributed by atoms with Crippen molar-refractivity contribution >= 4 is 17.2 Å². The molecule has 0 unspecified atom stereocenters. The highest BCUT2D eigenvalue weighted by Crippen LogP contribution is 2.18. The quantitative estimate of drug-likeness (QED) is 0.416. The number of thiazole rings is 1. The first-order valence-corrected chi connectivity index (χ1v) is 4.47. The minimum Gasteiger partial charge on any atom is -0.378 e. The lowest BCUT2D eigenvalue weighted by Gasteiger charge is -1.98. The third-order valence-electron chi connectivity index (χ3n) is 1.42. The molecule has 1 amide bonds. The number of rotatable bonds is 3. The molecule has 5 nitrogen and oxygen atoms in total. The number of ether oxygens (including phenoxy) is 1. The summed E-state index contributed by atoms with van der Waals surface area (Å²) >= 11 is 1.30. The Kier molecular flexibility index (Phi) is 3.35. The summed E-state index contributed by atoms with van der Waals surface area (Å²) in [4.78, 5) is 15.9. The number of hydrogen-bond acceptors (Lipinski definition) is 5. The molecule has 0 radical (unpaired) electrons. The lowest BCUT2D eigenvalue weighted by Crippen LogP contribution is -2.30. The first kappa shape index (κ1) is 10.1. The van der Waals surface area contributed by atoms with Crippen LogP contribution < -0.4 is 11.3 Å². The molecule has 0 fully saturated rings. The fourth-order valence-electron chi connectivity index (χ4n) is 0.948. The smallest absolute Gasteiger partial charge is 0.277 e. The molecule has 0 spiro atoms. The van der Waals surface area contributed by atoms with Gasteiger partial charge in [-0.05, 0) is 6.92 Å². The number of carbonyl (C=O) groups is 1. The van der Waals surface area contributed by atoms with Crippen LogP contribution in [0, 0.1) is 6.92 Å². The molecule has 1 aromatic heterocycles. The van der Waals surface area contributed by atoms with Crippen LogP contribution >= 0.6 is 11.3 Å². The van der Waals surface area contributed by atoms with E-state index in [0.717, 1.165) is 5.01 Å². The molecule has 0 aliphatic carbocycles. The van der Waals surface area contributed by atoms with Crippen LogP contribution in [0.25, 0.3) is 0 Å². The Hall–Kier alpha value is -0.980. The van der Waals surface area contributed by atoms with E-state index in [1.807, 2.05) is 6.92 Å². The van der Waals surface area contributed by atoms with Crippen molar-refractivity contribution in [2.75, 3.05) is 7.11 Å². The van der Waals surface area contributed by atoms with E-state index in [0.29, 0.717) is 17.2 Å². The van der Waals surface area contributed by atoms with E-state index in [4.69, 9.17) is 10.6 Å². The Morgan fingerprint density at radius 1 is 1.77 bits per heavy atom. The molecule has 1 aromatic rings. The SMILES string of the molecule is COCc1nc(C)sc1C(=O)NN. The number of nitrogens with zero attached hydrogens (tertiary/aromatic N) is 1. The van der Waals surface area contributed by atoms with Crippen LogP contribution in [0.5, 0.6) is 0 Å². The lowest BCUT2D eigenvalue weighted by molar-refractivity contribution is 0.0952. The zero-order valence-corrected chi connectivity index (χ0v) is 8.27. The normalized spacial score (nSPS) is 10.1. The number of amides is 1. The highest BCUT2D eigenvalue weighted by molar-refractivity contribution is 7.13. The second-order valence-corrected chi connectivity index (χ2v) is 3.62. The lowest BCUT2D eigenvalue weighted by atomic mass is 10.3. The van der Waals surface area contributed by atoms with Gasteiger partial charge < -0.3 is 4.74 Å². The molecule has 0 saturated heterocycles. The third-order valence-corrected chi connectivity index (χ3v) is 2.43. The number of nitrogen functional groups attached to an aromatic ring is 1. The van der Waals surface area contributed by atoms with Gasteiger partial charge in [-0.2, -0.15) is 0 Å². The van der Waals surface area contributed by atoms with E-state index in [1.54, 1.807) is 7.11 Å². The zero-order valence-electron chi connectivity index (χ0n) is 7.46. The van der Waals surface area contributed by atoms with Crippen molar-refractivity contribution in [1.29, 1.82) is 0 Å². The van der Waals surface area contributed by atoms with Gasteiger partial charge in [0, 0.05) is 7.11 Å². The second-order valence-electron chi connectivity index (χ2n) is 2.42. The van der Waals surface area contributed by atoms with Crippen LogP contribution in [-0.4, -0.2) is 18.0 Å². The molecule has 1 heterocycles. The fraction of sp³-hybridized carbons (Fsp3) is 0.429. The Morgan fingerprint density at radius 2 is 2.46 bits per heavy atom. The van der Waals surface area contributed by atoms with Gasteiger partial charge >= 0.3 is 0 Å². The Morgan fingerprint density at radius 3 is 3.00 bits per heavy atom. The van der Waals surface area contributed by atoms with Crippen LogP contribution in [0.15, 0.2) is 0 Å². The van der Waals surface area contributed by atoms with Crippen molar-refractivity contribution in [1.82, 2.24) is 10.4 Å². The number of carbonyl (C=O) groups excluding carboxylic acids is 1. The van der Waals surface area contributed by atoms with Gasteiger partial charge in [0.2, 0.25) is 0 Å². The van der Waals surface area contributed by atoms with Crippen molar-refractivity contribution in [3.05, 3.63) is 15.6 Å². The van der Waals surface area contributed by atoms with Gasteiger partial charge in [-0.15, -0.1) is 11.3 Å². The minimum atomic E-state index is -0.322. The van der Waals surface area contributed by atoms with Crippen molar-refractivity contribution in [2.45, 2.75) is 13.5 Å². The Labute approximate surface area is 79.9 Å². The standard InChI is InChI=1S/C7H11N3O2S/c1-4-9-5(3-12-2)6(13-4)7(11)10-8/h3,8H2,1-2H3,(H,10,11). The number of nitrogens with one attached hydrogen (secondary N) is 1. The Bertz CT molecular complexity index is 311. The van der Waals surface area contributed by atoms with E-state index in [1.165, 1.54) is 11.3 Å². The predicted molar refractivity (Wildman–Crippen MR) is 49.2 cm³/mol. The average Bonchev–Trinajstić information content (AvgIpc) is 2.46. The van der Waals surface area contributed by atoms with Crippen molar-refractivity contribution in [2.24, 2.45) is 5.84 Å². The second kappa shape index (κ2) is 4.31. The number of hydrazine groups is 1. The summed E-state index contributed by atoms with van der Waals surface area (Å²) in [6.07, 6.45) is 0. The molecular weight excluding hydrogens is 190 g/mol. The van der Waals surface area contributed by atoms with Gasteiger partial charge in [-0.1, -0.05) is 0 Å². The molecule has 0 aliphatic rings. The summed E-state index contributed by atoms with van der Waals surface area (Å²) in [5, 5.41) is 0.825. The Balaban J connectivity index is 2.96. The van der Waals surface area contributed by atoms with E-state index in [9.17, 15) is 4.79 Å². The van der Waals surface area contributed by atoms with E-state index < -0.39 is 0 Å². The van der Waals surface area contributed by atoms with Crippen LogP contribution in [0.1, 0.15) is 20.4 Å². The molecule has 3 N–H and O–H groups in total. The molecule has 1 rings (SSSR count). The maximum atomic E-state index is 11.2. The zero-order chi connectivity index (χ0) is 9.84.